The number of hydrogen-bond acceptors (Lipinski definition) is 4. The molecule has 0 aliphatic carbocycles. The van der Waals surface area contributed by atoms with Crippen LogP contribution in [0, 0.1) is 0 Å². The van der Waals surface area contributed by atoms with E-state index >= 15 is 0 Å². The molecule has 0 unspecified atom stereocenters. The van der Waals surface area contributed by atoms with E-state index in [0.29, 0.717) is 28.2 Å². The van der Waals surface area contributed by atoms with Gasteiger partial charge in [-0.3, -0.25) is 4.72 Å². The van der Waals surface area contributed by atoms with Crippen LogP contribution in [0.25, 0.3) is 0 Å². The zero-order chi connectivity index (χ0) is 15.5. The van der Waals surface area contributed by atoms with Crippen molar-refractivity contribution in [2.75, 3.05) is 17.1 Å². The van der Waals surface area contributed by atoms with E-state index in [1.807, 2.05) is 0 Å². The molecule has 0 amide bonds. The summed E-state index contributed by atoms with van der Waals surface area (Å²) in [5.41, 5.74) is 6.45. The topological polar surface area (TPSA) is 81.4 Å². The lowest BCUT2D eigenvalue weighted by Crippen LogP contribution is -2.15. The Morgan fingerprint density at radius 1 is 1.24 bits per heavy atom. The Bertz CT molecular complexity index is 748. The molecule has 112 valence electrons. The molecule has 2 aromatic carbocycles. The molecule has 0 aromatic heterocycles. The van der Waals surface area contributed by atoms with Crippen LogP contribution in [0.1, 0.15) is 6.92 Å². The van der Waals surface area contributed by atoms with Crippen molar-refractivity contribution in [3.8, 4) is 5.75 Å². The average Bonchev–Trinajstić information content (AvgIpc) is 2.43. The lowest BCUT2D eigenvalue weighted by atomic mass is 10.3. The average molecular weight is 371 g/mol. The summed E-state index contributed by atoms with van der Waals surface area (Å²) >= 11 is 3.27. The number of nitrogens with two attached hydrogens (primary N) is 1. The summed E-state index contributed by atoms with van der Waals surface area (Å²) in [5.74, 6) is 0.294. The van der Waals surface area contributed by atoms with Gasteiger partial charge in [-0.15, -0.1) is 0 Å². The molecule has 0 fully saturated rings. The summed E-state index contributed by atoms with van der Waals surface area (Å²) < 4.78 is 33.6. The zero-order valence-corrected chi connectivity index (χ0v) is 13.7. The van der Waals surface area contributed by atoms with Gasteiger partial charge in [-0.05, 0) is 37.3 Å². The molecule has 0 spiro atoms. The summed E-state index contributed by atoms with van der Waals surface area (Å²) in [6.45, 7) is 2.17. The number of sulfonamides is 1. The second kappa shape index (κ2) is 6.36. The molecule has 0 saturated heterocycles. The van der Waals surface area contributed by atoms with Gasteiger partial charge in [0.1, 0.15) is 10.6 Å². The van der Waals surface area contributed by atoms with E-state index in [9.17, 15) is 8.42 Å². The number of anilines is 2. The first kappa shape index (κ1) is 15.7. The third-order valence-electron chi connectivity index (χ3n) is 2.70. The summed E-state index contributed by atoms with van der Waals surface area (Å²) in [4.78, 5) is 0.0574. The van der Waals surface area contributed by atoms with Gasteiger partial charge in [-0.1, -0.05) is 28.1 Å². The van der Waals surface area contributed by atoms with Crippen LogP contribution in [0.3, 0.4) is 0 Å². The number of para-hydroxylation sites is 2. The van der Waals surface area contributed by atoms with Gasteiger partial charge in [-0.2, -0.15) is 0 Å². The van der Waals surface area contributed by atoms with E-state index in [1.54, 1.807) is 43.3 Å². The van der Waals surface area contributed by atoms with Gasteiger partial charge >= 0.3 is 0 Å². The Hall–Kier alpha value is -1.73. The fourth-order valence-corrected chi connectivity index (χ4v) is 3.53. The van der Waals surface area contributed by atoms with Gasteiger partial charge in [-0.25, -0.2) is 8.42 Å². The lowest BCUT2D eigenvalue weighted by Gasteiger charge is -2.14. The maximum atomic E-state index is 12.5. The summed E-state index contributed by atoms with van der Waals surface area (Å²) in [6, 6.07) is 11.5. The monoisotopic (exact) mass is 370 g/mol. The molecule has 3 N–H and O–H groups in total. The van der Waals surface area contributed by atoms with Crippen molar-refractivity contribution in [1.29, 1.82) is 0 Å². The fraction of sp³-hybridized carbons (Fsp3) is 0.143. The van der Waals surface area contributed by atoms with Gasteiger partial charge in [0.25, 0.3) is 10.0 Å². The predicted molar refractivity (Wildman–Crippen MR) is 87.0 cm³/mol. The number of halogens is 1. The first-order chi connectivity index (χ1) is 9.94. The minimum absolute atomic E-state index is 0.0574. The Kier molecular flexibility index (Phi) is 4.74. The molecule has 0 aliphatic rings. The van der Waals surface area contributed by atoms with Gasteiger partial charge in [0.2, 0.25) is 0 Å². The van der Waals surface area contributed by atoms with E-state index in [0.717, 1.165) is 0 Å². The maximum absolute atomic E-state index is 12.5. The standard InChI is InChI=1S/C14H15BrN2O3S/c1-2-20-13-8-7-10(15)9-14(13)21(18,19)17-12-6-4-3-5-11(12)16/h3-9,17H,2,16H2,1H3. The van der Waals surface area contributed by atoms with Crippen molar-refractivity contribution in [2.45, 2.75) is 11.8 Å². The Labute approximate surface area is 132 Å². The number of benzene rings is 2. The predicted octanol–water partition coefficient (Wildman–Crippen LogP) is 3.23. The van der Waals surface area contributed by atoms with E-state index in [1.165, 1.54) is 6.07 Å². The number of rotatable bonds is 5. The molecule has 0 radical (unpaired) electrons. The minimum atomic E-state index is -3.80. The van der Waals surface area contributed by atoms with Crippen LogP contribution in [0.2, 0.25) is 0 Å². The fourth-order valence-electron chi connectivity index (χ4n) is 1.76. The molecule has 5 nitrogen and oxygen atoms in total. The van der Waals surface area contributed by atoms with Crippen molar-refractivity contribution in [3.05, 3.63) is 46.9 Å². The van der Waals surface area contributed by atoms with Gasteiger partial charge < -0.3 is 10.5 Å². The van der Waals surface area contributed by atoms with Gasteiger partial charge in [0.05, 0.1) is 18.0 Å². The molecule has 2 rings (SSSR count). The molecular formula is C14H15BrN2O3S. The summed E-state index contributed by atoms with van der Waals surface area (Å²) in [7, 11) is -3.80. The number of ether oxygens (including phenoxy) is 1. The molecule has 0 bridgehead atoms. The third-order valence-corrected chi connectivity index (χ3v) is 4.58. The first-order valence-electron chi connectivity index (χ1n) is 6.23. The van der Waals surface area contributed by atoms with Crippen molar-refractivity contribution >= 4 is 37.3 Å². The van der Waals surface area contributed by atoms with Crippen LogP contribution < -0.4 is 15.2 Å². The highest BCUT2D eigenvalue weighted by Gasteiger charge is 2.21. The Balaban J connectivity index is 2.44. The van der Waals surface area contributed by atoms with Crippen molar-refractivity contribution in [3.63, 3.8) is 0 Å². The summed E-state index contributed by atoms with van der Waals surface area (Å²) in [5, 5.41) is 0. The molecule has 7 heteroatoms. The van der Waals surface area contributed by atoms with E-state index < -0.39 is 10.0 Å². The molecular weight excluding hydrogens is 356 g/mol. The normalized spacial score (nSPS) is 11.1. The Morgan fingerprint density at radius 2 is 1.95 bits per heavy atom. The van der Waals surface area contributed by atoms with Crippen LogP contribution >= 0.6 is 15.9 Å². The zero-order valence-electron chi connectivity index (χ0n) is 11.3. The number of hydrogen-bond donors (Lipinski definition) is 2. The van der Waals surface area contributed by atoms with Crippen LogP contribution in [-0.4, -0.2) is 15.0 Å². The van der Waals surface area contributed by atoms with Crippen LogP contribution in [0.15, 0.2) is 51.8 Å². The summed E-state index contributed by atoms with van der Waals surface area (Å²) in [6.07, 6.45) is 0. The molecule has 21 heavy (non-hydrogen) atoms. The molecule has 0 saturated carbocycles. The number of nitrogens with one attached hydrogen (secondary N) is 1. The van der Waals surface area contributed by atoms with E-state index in [-0.39, 0.29) is 4.90 Å². The molecule has 0 atom stereocenters. The van der Waals surface area contributed by atoms with Crippen molar-refractivity contribution < 1.29 is 13.2 Å². The van der Waals surface area contributed by atoms with Crippen LogP contribution in [0.4, 0.5) is 11.4 Å². The molecule has 2 aromatic rings. The highest BCUT2D eigenvalue weighted by Crippen LogP contribution is 2.30. The minimum Gasteiger partial charge on any atom is -0.492 e. The van der Waals surface area contributed by atoms with Crippen molar-refractivity contribution in [2.24, 2.45) is 0 Å². The SMILES string of the molecule is CCOc1ccc(Br)cc1S(=O)(=O)Nc1ccccc1N. The van der Waals surface area contributed by atoms with Gasteiger partial charge in [0, 0.05) is 4.47 Å². The van der Waals surface area contributed by atoms with Crippen LogP contribution in [0.5, 0.6) is 5.75 Å². The first-order valence-corrected chi connectivity index (χ1v) is 8.51. The second-order valence-electron chi connectivity index (χ2n) is 4.22. The quantitative estimate of drug-likeness (QED) is 0.791. The Morgan fingerprint density at radius 3 is 2.62 bits per heavy atom. The van der Waals surface area contributed by atoms with E-state index in [2.05, 4.69) is 20.7 Å². The largest absolute Gasteiger partial charge is 0.492 e. The van der Waals surface area contributed by atoms with Crippen molar-refractivity contribution in [1.82, 2.24) is 0 Å². The molecule has 0 heterocycles. The lowest BCUT2D eigenvalue weighted by molar-refractivity contribution is 0.331. The van der Waals surface area contributed by atoms with E-state index in [4.69, 9.17) is 10.5 Å². The highest BCUT2D eigenvalue weighted by molar-refractivity contribution is 9.10. The maximum Gasteiger partial charge on any atom is 0.265 e. The third kappa shape index (κ3) is 3.68. The highest BCUT2D eigenvalue weighted by atomic mass is 79.9. The van der Waals surface area contributed by atoms with Crippen LogP contribution in [-0.2, 0) is 10.0 Å². The smallest absolute Gasteiger partial charge is 0.265 e. The second-order valence-corrected chi connectivity index (χ2v) is 6.78. The number of nitrogen functional groups attached to an aromatic ring is 1. The van der Waals surface area contributed by atoms with Gasteiger partial charge in [0.15, 0.2) is 0 Å². The molecule has 0 aliphatic heterocycles.